The van der Waals surface area contributed by atoms with Gasteiger partial charge in [0.2, 0.25) is 0 Å². The molecule has 0 aromatic rings. The highest BCUT2D eigenvalue weighted by Crippen LogP contribution is 2.10. The Morgan fingerprint density at radius 2 is 2.40 bits per heavy atom. The molecule has 0 amide bonds. The zero-order chi connectivity index (χ0) is 7.23. The fourth-order valence-electron chi connectivity index (χ4n) is 1.34. The van der Waals surface area contributed by atoms with Gasteiger partial charge in [-0.25, -0.2) is 0 Å². The molecule has 2 heteroatoms. The van der Waals surface area contributed by atoms with Gasteiger partial charge in [-0.05, 0) is 30.8 Å². The third kappa shape index (κ3) is 2.84. The summed E-state index contributed by atoms with van der Waals surface area (Å²) < 4.78 is 0. The van der Waals surface area contributed by atoms with Crippen molar-refractivity contribution in [3.05, 3.63) is 11.1 Å². The van der Waals surface area contributed by atoms with Crippen LogP contribution in [-0.4, -0.2) is 12.6 Å². The van der Waals surface area contributed by atoms with Crippen LogP contribution >= 0.6 is 15.9 Å². The molecule has 1 aliphatic rings. The van der Waals surface area contributed by atoms with Crippen LogP contribution in [0.3, 0.4) is 0 Å². The number of rotatable bonds is 2. The minimum absolute atomic E-state index is 0.738. The largest absolute Gasteiger partial charge is 0.314 e. The van der Waals surface area contributed by atoms with Gasteiger partial charge in [-0.1, -0.05) is 28.4 Å². The van der Waals surface area contributed by atoms with Crippen molar-refractivity contribution in [2.45, 2.75) is 31.7 Å². The number of piperidine rings is 1. The number of halogens is 1. The first-order valence-corrected chi connectivity index (χ1v) is 4.83. The Kier molecular flexibility index (Phi) is 4.07. The zero-order valence-electron chi connectivity index (χ0n) is 6.15. The second-order valence-corrected chi connectivity index (χ2v) is 3.27. The molecule has 1 aliphatic heterocycles. The molecule has 58 valence electrons. The van der Waals surface area contributed by atoms with Gasteiger partial charge in [-0.2, -0.15) is 0 Å². The van der Waals surface area contributed by atoms with E-state index >= 15 is 0 Å². The standard InChI is InChI=1S/C8H14BrN/c9-6-3-5-8-4-1-2-7-10-8/h3,6,8,10H,1-2,4-5,7H2/b6-3-. The molecule has 0 aromatic carbocycles. The fourth-order valence-corrected chi connectivity index (χ4v) is 1.56. The molecule has 0 spiro atoms. The summed E-state index contributed by atoms with van der Waals surface area (Å²) in [6.07, 6.45) is 7.44. The van der Waals surface area contributed by atoms with Gasteiger partial charge in [0.1, 0.15) is 0 Å². The van der Waals surface area contributed by atoms with E-state index in [4.69, 9.17) is 0 Å². The molecule has 1 atom stereocenters. The second kappa shape index (κ2) is 4.91. The van der Waals surface area contributed by atoms with Gasteiger partial charge in [0, 0.05) is 6.04 Å². The molecule has 1 fully saturated rings. The van der Waals surface area contributed by atoms with Crippen LogP contribution in [-0.2, 0) is 0 Å². The number of nitrogens with one attached hydrogen (secondary N) is 1. The van der Waals surface area contributed by atoms with E-state index in [0.717, 1.165) is 6.04 Å². The van der Waals surface area contributed by atoms with Gasteiger partial charge < -0.3 is 5.32 Å². The predicted octanol–water partition coefficient (Wildman–Crippen LogP) is 2.43. The molecule has 0 bridgehead atoms. The Balaban J connectivity index is 2.13. The summed E-state index contributed by atoms with van der Waals surface area (Å²) in [7, 11) is 0. The van der Waals surface area contributed by atoms with E-state index < -0.39 is 0 Å². The Morgan fingerprint density at radius 1 is 1.50 bits per heavy atom. The van der Waals surface area contributed by atoms with Crippen LogP contribution in [0.25, 0.3) is 0 Å². The van der Waals surface area contributed by atoms with Gasteiger partial charge in [-0.15, -0.1) is 0 Å². The van der Waals surface area contributed by atoms with Crippen LogP contribution in [0.5, 0.6) is 0 Å². The lowest BCUT2D eigenvalue weighted by Gasteiger charge is -2.21. The Morgan fingerprint density at radius 3 is 3.00 bits per heavy atom. The molecule has 1 saturated heterocycles. The van der Waals surface area contributed by atoms with Gasteiger partial charge >= 0.3 is 0 Å². The summed E-state index contributed by atoms with van der Waals surface area (Å²) in [5, 5.41) is 3.48. The molecule has 1 nitrogen and oxygen atoms in total. The highest BCUT2D eigenvalue weighted by Gasteiger charge is 2.09. The summed E-state index contributed by atoms with van der Waals surface area (Å²) in [5.74, 6) is 0. The SMILES string of the molecule is Br/C=C\CC1CCCCN1. The highest BCUT2D eigenvalue weighted by atomic mass is 79.9. The summed E-state index contributed by atoms with van der Waals surface area (Å²) in [6, 6.07) is 0.738. The highest BCUT2D eigenvalue weighted by molar-refractivity contribution is 9.11. The monoisotopic (exact) mass is 203 g/mol. The molecule has 1 heterocycles. The normalized spacial score (nSPS) is 27.5. The van der Waals surface area contributed by atoms with Crippen molar-refractivity contribution in [3.8, 4) is 0 Å². The Labute approximate surface area is 71.0 Å². The molecule has 10 heavy (non-hydrogen) atoms. The van der Waals surface area contributed by atoms with Crippen LogP contribution < -0.4 is 5.32 Å². The van der Waals surface area contributed by atoms with Crippen molar-refractivity contribution in [3.63, 3.8) is 0 Å². The van der Waals surface area contributed by atoms with Crippen LogP contribution in [0.2, 0.25) is 0 Å². The summed E-state index contributed by atoms with van der Waals surface area (Å²) in [4.78, 5) is 1.95. The van der Waals surface area contributed by atoms with E-state index in [9.17, 15) is 0 Å². The summed E-state index contributed by atoms with van der Waals surface area (Å²) in [5.41, 5.74) is 0. The first-order chi connectivity index (χ1) is 4.93. The van der Waals surface area contributed by atoms with Crippen molar-refractivity contribution in [1.82, 2.24) is 5.32 Å². The maximum atomic E-state index is 3.48. The van der Waals surface area contributed by atoms with Crippen LogP contribution in [0.4, 0.5) is 0 Å². The third-order valence-electron chi connectivity index (χ3n) is 1.92. The Hall–Kier alpha value is 0.180. The van der Waals surface area contributed by atoms with E-state index in [1.807, 2.05) is 4.99 Å². The van der Waals surface area contributed by atoms with Gasteiger partial charge in [0.05, 0.1) is 0 Å². The first-order valence-electron chi connectivity index (χ1n) is 3.92. The van der Waals surface area contributed by atoms with Gasteiger partial charge in [0.25, 0.3) is 0 Å². The molecule has 0 aromatic heterocycles. The molecule has 0 radical (unpaired) electrons. The zero-order valence-corrected chi connectivity index (χ0v) is 7.73. The third-order valence-corrected chi connectivity index (χ3v) is 2.30. The number of hydrogen-bond acceptors (Lipinski definition) is 1. The van der Waals surface area contributed by atoms with Crippen LogP contribution in [0.1, 0.15) is 25.7 Å². The van der Waals surface area contributed by atoms with Crippen molar-refractivity contribution in [2.75, 3.05) is 6.54 Å². The van der Waals surface area contributed by atoms with Crippen molar-refractivity contribution in [2.24, 2.45) is 0 Å². The van der Waals surface area contributed by atoms with Crippen LogP contribution in [0.15, 0.2) is 11.1 Å². The molecule has 0 saturated carbocycles. The quantitative estimate of drug-likeness (QED) is 0.728. The fraction of sp³-hybridized carbons (Fsp3) is 0.750. The summed E-state index contributed by atoms with van der Waals surface area (Å²) in [6.45, 7) is 1.21. The van der Waals surface area contributed by atoms with Crippen molar-refractivity contribution in [1.29, 1.82) is 0 Å². The summed E-state index contributed by atoms with van der Waals surface area (Å²) >= 11 is 3.27. The first kappa shape index (κ1) is 8.28. The van der Waals surface area contributed by atoms with E-state index in [1.54, 1.807) is 0 Å². The smallest absolute Gasteiger partial charge is 0.0102 e. The van der Waals surface area contributed by atoms with Gasteiger partial charge in [0.15, 0.2) is 0 Å². The lowest BCUT2D eigenvalue weighted by molar-refractivity contribution is 0.404. The molecular weight excluding hydrogens is 190 g/mol. The maximum absolute atomic E-state index is 3.48. The maximum Gasteiger partial charge on any atom is 0.0102 e. The van der Waals surface area contributed by atoms with Crippen molar-refractivity contribution < 1.29 is 0 Å². The molecule has 1 N–H and O–H groups in total. The molecular formula is C8H14BrN. The van der Waals surface area contributed by atoms with E-state index in [2.05, 4.69) is 27.3 Å². The van der Waals surface area contributed by atoms with Crippen molar-refractivity contribution >= 4 is 15.9 Å². The lowest BCUT2D eigenvalue weighted by atomic mass is 10.0. The molecule has 1 rings (SSSR count). The number of hydrogen-bond donors (Lipinski definition) is 1. The topological polar surface area (TPSA) is 12.0 Å². The second-order valence-electron chi connectivity index (χ2n) is 2.74. The van der Waals surface area contributed by atoms with E-state index in [-0.39, 0.29) is 0 Å². The molecule has 1 unspecified atom stereocenters. The Bertz CT molecular complexity index is 106. The van der Waals surface area contributed by atoms with E-state index in [1.165, 1.54) is 32.2 Å². The van der Waals surface area contributed by atoms with E-state index in [0.29, 0.717) is 0 Å². The average molecular weight is 204 g/mol. The lowest BCUT2D eigenvalue weighted by Crippen LogP contribution is -2.33. The van der Waals surface area contributed by atoms with Gasteiger partial charge in [-0.3, -0.25) is 0 Å². The van der Waals surface area contributed by atoms with Crippen LogP contribution in [0, 0.1) is 0 Å². The predicted molar refractivity (Wildman–Crippen MR) is 48.3 cm³/mol. The minimum Gasteiger partial charge on any atom is -0.314 e. The minimum atomic E-state index is 0.738. The molecule has 0 aliphatic carbocycles. The average Bonchev–Trinajstić information content (AvgIpc) is 2.03.